The highest BCUT2D eigenvalue weighted by Crippen LogP contribution is 2.23. The fourth-order valence-corrected chi connectivity index (χ4v) is 4.20. The van der Waals surface area contributed by atoms with E-state index in [0.29, 0.717) is 19.2 Å². The second-order valence-electron chi connectivity index (χ2n) is 7.45. The summed E-state index contributed by atoms with van der Waals surface area (Å²) in [6.07, 6.45) is 4.42. The molecule has 3 aliphatic heterocycles. The van der Waals surface area contributed by atoms with E-state index >= 15 is 0 Å². The summed E-state index contributed by atoms with van der Waals surface area (Å²) in [5.41, 5.74) is 0. The van der Waals surface area contributed by atoms with Gasteiger partial charge < -0.3 is 19.7 Å². The number of carbonyl (C=O) groups excluding carboxylic acids is 1. The molecular weight excluding hydrogens is 459 g/mol. The number of ether oxygens (including phenoxy) is 2. The molecule has 7 nitrogen and oxygen atoms in total. The zero-order valence-corrected chi connectivity index (χ0v) is 19.0. The number of nitrogens with one attached hydrogen (secondary N) is 1. The number of piperidine rings is 1. The van der Waals surface area contributed by atoms with Crippen molar-refractivity contribution in [2.75, 3.05) is 52.5 Å². The van der Waals surface area contributed by atoms with Crippen LogP contribution in [0.5, 0.6) is 0 Å². The zero-order chi connectivity index (χ0) is 18.4. The number of fused-ring (bicyclic) bond motifs is 1. The first kappa shape index (κ1) is 22.7. The Morgan fingerprint density at radius 3 is 2.70 bits per heavy atom. The quantitative estimate of drug-likeness (QED) is 0.272. The number of rotatable bonds is 5. The fourth-order valence-electron chi connectivity index (χ4n) is 4.20. The van der Waals surface area contributed by atoms with E-state index in [1.807, 2.05) is 6.92 Å². The van der Waals surface area contributed by atoms with Gasteiger partial charge >= 0.3 is 5.97 Å². The van der Waals surface area contributed by atoms with Crippen molar-refractivity contribution in [3.8, 4) is 0 Å². The largest absolute Gasteiger partial charge is 0.466 e. The molecule has 2 unspecified atom stereocenters. The van der Waals surface area contributed by atoms with Crippen LogP contribution in [-0.2, 0) is 14.3 Å². The highest BCUT2D eigenvalue weighted by molar-refractivity contribution is 14.0. The van der Waals surface area contributed by atoms with Gasteiger partial charge in [-0.1, -0.05) is 0 Å². The molecule has 0 bridgehead atoms. The number of guanidine groups is 1. The first-order valence-corrected chi connectivity index (χ1v) is 10.3. The molecule has 0 amide bonds. The smallest absolute Gasteiger partial charge is 0.309 e. The average molecular weight is 494 g/mol. The molecule has 3 saturated heterocycles. The number of hydrogen-bond donors (Lipinski definition) is 1. The zero-order valence-electron chi connectivity index (χ0n) is 16.7. The van der Waals surface area contributed by atoms with E-state index in [2.05, 4.69) is 22.0 Å². The maximum absolute atomic E-state index is 11.9. The van der Waals surface area contributed by atoms with Gasteiger partial charge in [0, 0.05) is 32.2 Å². The summed E-state index contributed by atoms with van der Waals surface area (Å²) >= 11 is 0. The van der Waals surface area contributed by atoms with Gasteiger partial charge in [-0.05, 0) is 46.1 Å². The van der Waals surface area contributed by atoms with Crippen molar-refractivity contribution in [1.82, 2.24) is 15.1 Å². The van der Waals surface area contributed by atoms with Gasteiger partial charge in [-0.25, -0.2) is 0 Å². The van der Waals surface area contributed by atoms with Crippen molar-refractivity contribution in [2.24, 2.45) is 10.9 Å². The Kier molecular flexibility index (Phi) is 9.58. The van der Waals surface area contributed by atoms with E-state index in [4.69, 9.17) is 14.5 Å². The maximum Gasteiger partial charge on any atom is 0.309 e. The van der Waals surface area contributed by atoms with Crippen molar-refractivity contribution in [2.45, 2.75) is 51.7 Å². The fraction of sp³-hybridized carbons (Fsp3) is 0.895. The van der Waals surface area contributed by atoms with Crippen LogP contribution in [0.25, 0.3) is 0 Å². The third-order valence-electron chi connectivity index (χ3n) is 5.66. The predicted octanol–water partition coefficient (Wildman–Crippen LogP) is 1.71. The Morgan fingerprint density at radius 1 is 1.22 bits per heavy atom. The van der Waals surface area contributed by atoms with Gasteiger partial charge in [-0.2, -0.15) is 0 Å². The standard InChI is InChI=1S/C19H34N4O3.HI/c1-3-20-19(22-10-7-15(8-11-22)18(24)25-4-2)21-12-17-13-23-9-5-6-16(23)14-26-17;/h15-17H,3-14H2,1-2H3,(H,20,21);1H. The molecule has 0 spiro atoms. The lowest BCUT2D eigenvalue weighted by Crippen LogP contribution is -2.49. The van der Waals surface area contributed by atoms with E-state index < -0.39 is 0 Å². The van der Waals surface area contributed by atoms with Crippen molar-refractivity contribution in [1.29, 1.82) is 0 Å². The molecule has 3 aliphatic rings. The first-order chi connectivity index (χ1) is 12.7. The molecule has 3 fully saturated rings. The second-order valence-corrected chi connectivity index (χ2v) is 7.45. The van der Waals surface area contributed by atoms with E-state index in [9.17, 15) is 4.79 Å². The molecule has 8 heteroatoms. The van der Waals surface area contributed by atoms with Crippen LogP contribution in [0.3, 0.4) is 0 Å². The molecule has 27 heavy (non-hydrogen) atoms. The number of morpholine rings is 1. The molecule has 0 aromatic carbocycles. The van der Waals surface area contributed by atoms with E-state index in [1.54, 1.807) is 0 Å². The third-order valence-corrected chi connectivity index (χ3v) is 5.66. The monoisotopic (exact) mass is 494 g/mol. The highest BCUT2D eigenvalue weighted by Gasteiger charge is 2.32. The van der Waals surface area contributed by atoms with Crippen LogP contribution in [0.2, 0.25) is 0 Å². The van der Waals surface area contributed by atoms with Crippen molar-refractivity contribution >= 4 is 35.9 Å². The molecule has 0 aromatic heterocycles. The van der Waals surface area contributed by atoms with Gasteiger partial charge in [-0.3, -0.25) is 14.7 Å². The summed E-state index contributed by atoms with van der Waals surface area (Å²) in [6, 6.07) is 0.630. The summed E-state index contributed by atoms with van der Waals surface area (Å²) in [5, 5.41) is 3.40. The molecule has 3 heterocycles. The van der Waals surface area contributed by atoms with Gasteiger partial charge in [0.15, 0.2) is 5.96 Å². The molecule has 0 saturated carbocycles. The lowest BCUT2D eigenvalue weighted by atomic mass is 9.97. The normalized spacial score (nSPS) is 27.0. The van der Waals surface area contributed by atoms with Gasteiger partial charge in [0.1, 0.15) is 0 Å². The Bertz CT molecular complexity index is 497. The molecule has 0 aliphatic carbocycles. The minimum absolute atomic E-state index is 0. The Balaban J connectivity index is 0.00000261. The topological polar surface area (TPSA) is 66.4 Å². The van der Waals surface area contributed by atoms with Crippen LogP contribution in [0.15, 0.2) is 4.99 Å². The molecule has 0 aromatic rings. The lowest BCUT2D eigenvalue weighted by Gasteiger charge is -2.36. The summed E-state index contributed by atoms with van der Waals surface area (Å²) < 4.78 is 11.2. The highest BCUT2D eigenvalue weighted by atomic mass is 127. The number of nitrogens with zero attached hydrogens (tertiary/aromatic N) is 3. The van der Waals surface area contributed by atoms with E-state index in [0.717, 1.165) is 51.6 Å². The summed E-state index contributed by atoms with van der Waals surface area (Å²) in [7, 11) is 0. The van der Waals surface area contributed by atoms with Gasteiger partial charge in [0.25, 0.3) is 0 Å². The number of likely N-dealkylation sites (tertiary alicyclic amines) is 1. The number of hydrogen-bond acceptors (Lipinski definition) is 5. The first-order valence-electron chi connectivity index (χ1n) is 10.3. The molecular formula is C19H35IN4O3. The van der Waals surface area contributed by atoms with Crippen molar-refractivity contribution in [3.63, 3.8) is 0 Å². The predicted molar refractivity (Wildman–Crippen MR) is 117 cm³/mol. The second kappa shape index (κ2) is 11.4. The Morgan fingerprint density at radius 2 is 2.00 bits per heavy atom. The Hall–Kier alpha value is -0.610. The van der Waals surface area contributed by atoms with Crippen LogP contribution < -0.4 is 5.32 Å². The van der Waals surface area contributed by atoms with Crippen molar-refractivity contribution in [3.05, 3.63) is 0 Å². The Labute approximate surface area is 180 Å². The molecule has 3 rings (SSSR count). The lowest BCUT2D eigenvalue weighted by molar-refractivity contribution is -0.149. The van der Waals surface area contributed by atoms with E-state index in [1.165, 1.54) is 19.4 Å². The van der Waals surface area contributed by atoms with Crippen LogP contribution in [0.4, 0.5) is 0 Å². The summed E-state index contributed by atoms with van der Waals surface area (Å²) in [6.45, 7) is 10.7. The number of carbonyl (C=O) groups is 1. The number of esters is 1. The van der Waals surface area contributed by atoms with Crippen LogP contribution in [0, 0.1) is 5.92 Å². The summed E-state index contributed by atoms with van der Waals surface area (Å²) in [5.74, 6) is 0.926. The average Bonchev–Trinajstić information content (AvgIpc) is 3.13. The minimum Gasteiger partial charge on any atom is -0.466 e. The molecule has 0 radical (unpaired) electrons. The van der Waals surface area contributed by atoms with Gasteiger partial charge in [-0.15, -0.1) is 24.0 Å². The van der Waals surface area contributed by atoms with Crippen LogP contribution >= 0.6 is 24.0 Å². The van der Waals surface area contributed by atoms with Gasteiger partial charge in [0.2, 0.25) is 0 Å². The SMILES string of the molecule is CCNC(=NCC1CN2CCCC2CO1)N1CCC(C(=O)OCC)CC1.I. The third kappa shape index (κ3) is 6.19. The molecule has 2 atom stereocenters. The minimum atomic E-state index is -0.0511. The summed E-state index contributed by atoms with van der Waals surface area (Å²) in [4.78, 5) is 21.6. The maximum atomic E-state index is 11.9. The van der Waals surface area contributed by atoms with Gasteiger partial charge in [0.05, 0.1) is 31.8 Å². The van der Waals surface area contributed by atoms with Crippen LogP contribution in [-0.4, -0.2) is 86.4 Å². The number of aliphatic imine (C=N–C) groups is 1. The van der Waals surface area contributed by atoms with Crippen molar-refractivity contribution < 1.29 is 14.3 Å². The number of halogens is 1. The molecule has 156 valence electrons. The van der Waals surface area contributed by atoms with E-state index in [-0.39, 0.29) is 42.0 Å². The molecule has 1 N–H and O–H groups in total. The van der Waals surface area contributed by atoms with Crippen LogP contribution in [0.1, 0.15) is 39.5 Å².